The molecule has 0 radical (unpaired) electrons. The van der Waals surface area contributed by atoms with Gasteiger partial charge in [0.1, 0.15) is 0 Å². The molecule has 2 amide bonds. The van der Waals surface area contributed by atoms with Gasteiger partial charge < -0.3 is 10.2 Å². The summed E-state index contributed by atoms with van der Waals surface area (Å²) in [6.45, 7) is 1.88. The van der Waals surface area contributed by atoms with Crippen molar-refractivity contribution in [2.75, 3.05) is 26.2 Å². The van der Waals surface area contributed by atoms with E-state index in [0.717, 1.165) is 57.8 Å². The maximum atomic E-state index is 13.4. The van der Waals surface area contributed by atoms with Crippen LogP contribution in [0.2, 0.25) is 0 Å². The van der Waals surface area contributed by atoms with Crippen LogP contribution in [0.25, 0.3) is 0 Å². The minimum atomic E-state index is -3.72. The normalized spacial score (nSPS) is 23.6. The molecule has 32 heavy (non-hydrogen) atoms. The number of amides is 2. The van der Waals surface area contributed by atoms with Gasteiger partial charge in [0.25, 0.3) is 5.91 Å². The second-order valence-corrected chi connectivity index (χ2v) is 11.3. The van der Waals surface area contributed by atoms with Gasteiger partial charge >= 0.3 is 0 Å². The molecular weight excluding hydrogens is 426 g/mol. The molecule has 0 aromatic heterocycles. The van der Waals surface area contributed by atoms with E-state index in [9.17, 15) is 18.0 Å². The number of nitrogens with one attached hydrogen (secondary N) is 1. The van der Waals surface area contributed by atoms with Crippen LogP contribution < -0.4 is 5.32 Å². The topological polar surface area (TPSA) is 86.8 Å². The van der Waals surface area contributed by atoms with E-state index in [4.69, 9.17) is 0 Å². The van der Waals surface area contributed by atoms with Gasteiger partial charge in [-0.1, -0.05) is 37.8 Å². The van der Waals surface area contributed by atoms with Crippen LogP contribution in [0.5, 0.6) is 0 Å². The Morgan fingerprint density at radius 3 is 2.28 bits per heavy atom. The number of nitrogens with zero attached hydrogens (tertiary/aromatic N) is 2. The van der Waals surface area contributed by atoms with Gasteiger partial charge in [0.2, 0.25) is 15.9 Å². The van der Waals surface area contributed by atoms with Crippen molar-refractivity contribution in [3.05, 3.63) is 29.8 Å². The maximum Gasteiger partial charge on any atom is 0.255 e. The van der Waals surface area contributed by atoms with Crippen LogP contribution >= 0.6 is 0 Å². The third kappa shape index (κ3) is 5.17. The van der Waals surface area contributed by atoms with Crippen LogP contribution in [-0.4, -0.2) is 61.7 Å². The third-order valence-corrected chi connectivity index (χ3v) is 9.04. The van der Waals surface area contributed by atoms with E-state index in [-0.39, 0.29) is 34.2 Å². The summed E-state index contributed by atoms with van der Waals surface area (Å²) in [5.74, 6) is -0.500. The second kappa shape index (κ2) is 10.3. The van der Waals surface area contributed by atoms with Crippen LogP contribution in [0.3, 0.4) is 0 Å². The van der Waals surface area contributed by atoms with E-state index >= 15 is 0 Å². The number of piperidine rings is 2. The molecule has 0 spiro atoms. The zero-order valence-electron chi connectivity index (χ0n) is 18.8. The summed E-state index contributed by atoms with van der Waals surface area (Å²) in [5, 5.41) is 3.19. The molecule has 1 atom stereocenters. The molecule has 8 heteroatoms. The van der Waals surface area contributed by atoms with Crippen molar-refractivity contribution in [3.8, 4) is 0 Å². The van der Waals surface area contributed by atoms with Crippen LogP contribution in [0.1, 0.15) is 74.6 Å². The van der Waals surface area contributed by atoms with E-state index in [1.54, 1.807) is 23.1 Å². The van der Waals surface area contributed by atoms with Crippen molar-refractivity contribution in [3.63, 3.8) is 0 Å². The fourth-order valence-corrected chi connectivity index (χ4v) is 6.93. The van der Waals surface area contributed by atoms with Crippen molar-refractivity contribution in [1.29, 1.82) is 0 Å². The molecule has 0 bridgehead atoms. The Morgan fingerprint density at radius 1 is 0.844 bits per heavy atom. The zero-order valence-corrected chi connectivity index (χ0v) is 19.6. The highest BCUT2D eigenvalue weighted by molar-refractivity contribution is 7.89. The SMILES string of the molecule is O=C(NC1CCCCC1)C1CCCN(C(=O)c2ccccc2S(=O)(=O)N2CCCCC2)C1. The number of hydrogen-bond acceptors (Lipinski definition) is 4. The molecule has 2 saturated heterocycles. The third-order valence-electron chi connectivity index (χ3n) is 7.08. The van der Waals surface area contributed by atoms with Gasteiger partial charge in [-0.3, -0.25) is 9.59 Å². The molecule has 3 aliphatic rings. The van der Waals surface area contributed by atoms with Gasteiger partial charge in [0.05, 0.1) is 16.4 Å². The minimum absolute atomic E-state index is 0.0311. The average Bonchev–Trinajstić information content (AvgIpc) is 2.85. The first kappa shape index (κ1) is 23.2. The molecule has 2 heterocycles. The van der Waals surface area contributed by atoms with E-state index in [2.05, 4.69) is 5.32 Å². The summed E-state index contributed by atoms with van der Waals surface area (Å²) < 4.78 is 28.1. The van der Waals surface area contributed by atoms with Crippen molar-refractivity contribution >= 4 is 21.8 Å². The standard InChI is InChI=1S/C24H35N3O4S/c28-23(25-20-11-3-1-4-12-20)19-10-9-15-26(18-19)24(29)21-13-5-6-14-22(21)32(30,31)27-16-7-2-8-17-27/h5-6,13-14,19-20H,1-4,7-12,15-18H2,(H,25,28). The molecular formula is C24H35N3O4S. The summed E-state index contributed by atoms with van der Waals surface area (Å²) in [5.41, 5.74) is 0.214. The van der Waals surface area contributed by atoms with Crippen LogP contribution in [0.15, 0.2) is 29.2 Å². The molecule has 1 saturated carbocycles. The summed E-state index contributed by atoms with van der Waals surface area (Å²) in [6, 6.07) is 6.76. The van der Waals surface area contributed by atoms with E-state index in [1.807, 2.05) is 0 Å². The van der Waals surface area contributed by atoms with Crippen LogP contribution in [0.4, 0.5) is 0 Å². The number of carbonyl (C=O) groups is 2. The van der Waals surface area contributed by atoms with E-state index in [1.165, 1.54) is 16.8 Å². The molecule has 1 aliphatic carbocycles. The fraction of sp³-hybridized carbons (Fsp3) is 0.667. The molecule has 3 fully saturated rings. The Balaban J connectivity index is 1.47. The summed E-state index contributed by atoms with van der Waals surface area (Å²) >= 11 is 0. The quantitative estimate of drug-likeness (QED) is 0.730. The Bertz CT molecular complexity index is 921. The number of benzene rings is 1. The van der Waals surface area contributed by atoms with Crippen molar-refractivity contribution < 1.29 is 18.0 Å². The lowest BCUT2D eigenvalue weighted by Gasteiger charge is -2.34. The summed E-state index contributed by atoms with van der Waals surface area (Å²) in [7, 11) is -3.72. The van der Waals surface area contributed by atoms with E-state index < -0.39 is 10.0 Å². The monoisotopic (exact) mass is 461 g/mol. The molecule has 2 aliphatic heterocycles. The highest BCUT2D eigenvalue weighted by Crippen LogP contribution is 2.27. The number of likely N-dealkylation sites (tertiary alicyclic amines) is 1. The molecule has 4 rings (SSSR count). The molecule has 1 aromatic rings. The van der Waals surface area contributed by atoms with Gasteiger partial charge in [-0.05, 0) is 50.7 Å². The Morgan fingerprint density at radius 2 is 1.53 bits per heavy atom. The number of carbonyl (C=O) groups excluding carboxylic acids is 2. The smallest absolute Gasteiger partial charge is 0.255 e. The molecule has 1 aromatic carbocycles. The van der Waals surface area contributed by atoms with Crippen molar-refractivity contribution in [1.82, 2.24) is 14.5 Å². The highest BCUT2D eigenvalue weighted by Gasteiger charge is 2.34. The van der Waals surface area contributed by atoms with Gasteiger partial charge in [-0.15, -0.1) is 0 Å². The number of rotatable bonds is 5. The number of hydrogen-bond donors (Lipinski definition) is 1. The number of sulfonamides is 1. The largest absolute Gasteiger partial charge is 0.353 e. The van der Waals surface area contributed by atoms with Crippen molar-refractivity contribution in [2.45, 2.75) is 75.1 Å². The Hall–Kier alpha value is -1.93. The molecule has 1 unspecified atom stereocenters. The maximum absolute atomic E-state index is 13.4. The lowest BCUT2D eigenvalue weighted by Crippen LogP contribution is -2.48. The molecule has 7 nitrogen and oxygen atoms in total. The fourth-order valence-electron chi connectivity index (χ4n) is 5.22. The minimum Gasteiger partial charge on any atom is -0.353 e. The van der Waals surface area contributed by atoms with Crippen LogP contribution in [-0.2, 0) is 14.8 Å². The highest BCUT2D eigenvalue weighted by atomic mass is 32.2. The second-order valence-electron chi connectivity index (χ2n) is 9.39. The first-order chi connectivity index (χ1) is 15.5. The summed E-state index contributed by atoms with van der Waals surface area (Å²) in [4.78, 5) is 28.0. The average molecular weight is 462 g/mol. The Labute approximate surface area is 191 Å². The summed E-state index contributed by atoms with van der Waals surface area (Å²) in [6.07, 6.45) is 9.84. The van der Waals surface area contributed by atoms with Gasteiger partial charge in [0.15, 0.2) is 0 Å². The zero-order chi connectivity index (χ0) is 22.6. The first-order valence-electron chi connectivity index (χ1n) is 12.2. The van der Waals surface area contributed by atoms with Gasteiger partial charge in [0, 0.05) is 32.2 Å². The lowest BCUT2D eigenvalue weighted by molar-refractivity contribution is -0.127. The molecule has 1 N–H and O–H groups in total. The Kier molecular flexibility index (Phi) is 7.51. The lowest BCUT2D eigenvalue weighted by atomic mass is 9.93. The first-order valence-corrected chi connectivity index (χ1v) is 13.6. The van der Waals surface area contributed by atoms with E-state index in [0.29, 0.717) is 26.2 Å². The predicted molar refractivity (Wildman–Crippen MR) is 123 cm³/mol. The van der Waals surface area contributed by atoms with Crippen LogP contribution in [0, 0.1) is 5.92 Å². The van der Waals surface area contributed by atoms with Gasteiger partial charge in [-0.25, -0.2) is 8.42 Å². The molecule has 176 valence electrons. The predicted octanol–water partition coefficient (Wildman–Crippen LogP) is 3.16. The van der Waals surface area contributed by atoms with Crippen molar-refractivity contribution in [2.24, 2.45) is 5.92 Å². The van der Waals surface area contributed by atoms with Gasteiger partial charge in [-0.2, -0.15) is 4.31 Å².